The van der Waals surface area contributed by atoms with Gasteiger partial charge in [-0.25, -0.2) is 8.42 Å². The Bertz CT molecular complexity index is 723. The van der Waals surface area contributed by atoms with Crippen LogP contribution in [-0.4, -0.2) is 37.9 Å². The molecule has 0 spiro atoms. The summed E-state index contributed by atoms with van der Waals surface area (Å²) in [5, 5.41) is 18.1. The van der Waals surface area contributed by atoms with Gasteiger partial charge in [0.05, 0.1) is 17.9 Å². The minimum atomic E-state index is -3.42. The number of nitrogens with zero attached hydrogens (tertiary/aromatic N) is 1. The quantitative estimate of drug-likeness (QED) is 0.884. The van der Waals surface area contributed by atoms with E-state index in [1.807, 2.05) is 6.07 Å². The summed E-state index contributed by atoms with van der Waals surface area (Å²) in [6.45, 7) is 1.19. The second-order valence-corrected chi connectivity index (χ2v) is 7.68. The second kappa shape index (κ2) is 4.61. The van der Waals surface area contributed by atoms with Crippen molar-refractivity contribution in [1.29, 1.82) is 5.26 Å². The molecule has 0 aromatic heterocycles. The predicted octanol–water partition coefficient (Wildman–Crippen LogP) is 0.818. The molecule has 0 amide bonds. The Hall–Kier alpha value is -1.78. The van der Waals surface area contributed by atoms with Crippen molar-refractivity contribution in [3.05, 3.63) is 23.8 Å². The lowest BCUT2D eigenvalue weighted by Crippen LogP contribution is -2.19. The molecule has 1 aliphatic carbocycles. The van der Waals surface area contributed by atoms with Crippen LogP contribution in [0, 0.1) is 16.7 Å². The van der Waals surface area contributed by atoms with Crippen LogP contribution in [0.2, 0.25) is 0 Å². The minimum absolute atomic E-state index is 0.0534. The number of hydrogen-bond acceptors (Lipinski definition) is 6. The van der Waals surface area contributed by atoms with Gasteiger partial charge in [-0.15, -0.1) is 0 Å². The number of sulfone groups is 1. The molecule has 1 fully saturated rings. The first-order chi connectivity index (χ1) is 10.00. The summed E-state index contributed by atoms with van der Waals surface area (Å²) in [5.41, 5.74) is -0.584. The molecule has 112 valence electrons. The third-order valence-electron chi connectivity index (χ3n) is 4.27. The van der Waals surface area contributed by atoms with Crippen molar-refractivity contribution in [3.8, 4) is 17.6 Å². The number of fused-ring (bicyclic) bond motifs is 1. The fraction of sp³-hybridized carbons (Fsp3) is 0.500. The highest BCUT2D eigenvalue weighted by molar-refractivity contribution is 7.92. The zero-order valence-electron chi connectivity index (χ0n) is 11.4. The van der Waals surface area contributed by atoms with Gasteiger partial charge in [-0.2, -0.15) is 5.26 Å². The maximum Gasteiger partial charge on any atom is 0.231 e. The summed E-state index contributed by atoms with van der Waals surface area (Å²) in [6, 6.07) is 7.13. The van der Waals surface area contributed by atoms with E-state index < -0.39 is 33.0 Å². The van der Waals surface area contributed by atoms with Gasteiger partial charge in [-0.3, -0.25) is 0 Å². The van der Waals surface area contributed by atoms with Gasteiger partial charge in [0.15, 0.2) is 21.3 Å². The molecule has 1 aromatic carbocycles. The van der Waals surface area contributed by atoms with Gasteiger partial charge >= 0.3 is 0 Å². The average molecular weight is 309 g/mol. The van der Waals surface area contributed by atoms with E-state index in [0.29, 0.717) is 17.1 Å². The zero-order chi connectivity index (χ0) is 15.3. The molecule has 6 nitrogen and oxygen atoms in total. The van der Waals surface area contributed by atoms with Crippen molar-refractivity contribution < 1.29 is 23.0 Å². The summed E-state index contributed by atoms with van der Waals surface area (Å²) < 4.78 is 34.9. The first-order valence-corrected chi connectivity index (χ1v) is 8.35. The van der Waals surface area contributed by atoms with Gasteiger partial charge in [-0.1, -0.05) is 13.0 Å². The predicted molar refractivity (Wildman–Crippen MR) is 73.7 cm³/mol. The zero-order valence-corrected chi connectivity index (χ0v) is 12.3. The van der Waals surface area contributed by atoms with Crippen LogP contribution in [0.4, 0.5) is 0 Å². The van der Waals surface area contributed by atoms with E-state index in [-0.39, 0.29) is 12.5 Å². The Balaban J connectivity index is 2.03. The molecule has 21 heavy (non-hydrogen) atoms. The second-order valence-electron chi connectivity index (χ2n) is 5.27. The first kappa shape index (κ1) is 14.2. The third kappa shape index (κ3) is 1.90. The summed E-state index contributed by atoms with van der Waals surface area (Å²) in [5.74, 6) is 0.548. The molecule has 0 saturated heterocycles. The van der Waals surface area contributed by atoms with E-state index in [1.165, 1.54) is 0 Å². The summed E-state index contributed by atoms with van der Waals surface area (Å²) in [7, 11) is -3.42. The lowest BCUT2D eigenvalue weighted by molar-refractivity contribution is 0.174. The van der Waals surface area contributed by atoms with Crippen LogP contribution in [0.5, 0.6) is 11.5 Å². The van der Waals surface area contributed by atoms with E-state index in [9.17, 15) is 18.8 Å². The number of benzene rings is 1. The summed E-state index contributed by atoms with van der Waals surface area (Å²) >= 11 is 0. The number of nitriles is 1. The lowest BCUT2D eigenvalue weighted by atomic mass is 10.0. The molecule has 1 heterocycles. The molecule has 0 bridgehead atoms. The summed E-state index contributed by atoms with van der Waals surface area (Å²) in [6.07, 6.45) is 0. The van der Waals surface area contributed by atoms with Gasteiger partial charge in [0.25, 0.3) is 0 Å². The van der Waals surface area contributed by atoms with E-state index >= 15 is 0 Å². The Morgan fingerprint density at radius 3 is 2.76 bits per heavy atom. The van der Waals surface area contributed by atoms with Crippen LogP contribution in [0.1, 0.15) is 18.4 Å². The molecule has 3 rings (SSSR count). The van der Waals surface area contributed by atoms with Crippen LogP contribution in [-0.2, 0) is 9.84 Å². The molecule has 1 saturated carbocycles. The number of aliphatic hydroxyl groups excluding tert-OH is 1. The van der Waals surface area contributed by atoms with Crippen molar-refractivity contribution in [1.82, 2.24) is 0 Å². The maximum atomic E-state index is 12.2. The Labute approximate surface area is 122 Å². The fourth-order valence-electron chi connectivity index (χ4n) is 3.05. The van der Waals surface area contributed by atoms with Crippen LogP contribution in [0.3, 0.4) is 0 Å². The van der Waals surface area contributed by atoms with Gasteiger partial charge in [0, 0.05) is 11.7 Å². The highest BCUT2D eigenvalue weighted by Crippen LogP contribution is 2.63. The molecular formula is C14H15NO5S. The summed E-state index contributed by atoms with van der Waals surface area (Å²) in [4.78, 5) is 0. The molecule has 0 radical (unpaired) electrons. The lowest BCUT2D eigenvalue weighted by Gasteiger charge is -2.04. The number of rotatable bonds is 4. The monoisotopic (exact) mass is 309 g/mol. The molecule has 1 aliphatic heterocycles. The van der Waals surface area contributed by atoms with Gasteiger partial charge in [-0.05, 0) is 17.7 Å². The molecule has 0 unspecified atom stereocenters. The number of ether oxygens (including phenoxy) is 2. The Kier molecular flexibility index (Phi) is 3.11. The highest BCUT2D eigenvalue weighted by Gasteiger charge is 2.71. The van der Waals surface area contributed by atoms with E-state index in [1.54, 1.807) is 25.1 Å². The Morgan fingerprint density at radius 2 is 2.14 bits per heavy atom. The molecule has 2 aliphatic rings. The standard InChI is InChI=1S/C14H15NO5S/c1-2-21(17,18)13-12(14(13,6-15)7-16)9-3-4-10-11(5-9)20-8-19-10/h3-5,12-13,16H,2,7-8H2,1H3/t12-,13+,14-/m0/s1. The van der Waals surface area contributed by atoms with Crippen molar-refractivity contribution in [2.45, 2.75) is 18.1 Å². The van der Waals surface area contributed by atoms with Gasteiger partial charge in [0.1, 0.15) is 5.41 Å². The van der Waals surface area contributed by atoms with Gasteiger partial charge in [0.2, 0.25) is 6.79 Å². The van der Waals surface area contributed by atoms with Gasteiger partial charge < -0.3 is 14.6 Å². The smallest absolute Gasteiger partial charge is 0.231 e. The SMILES string of the molecule is CCS(=O)(=O)[C@@H]1[C@H](c2ccc3c(c2)OCO3)[C@]1(C#N)CO. The highest BCUT2D eigenvalue weighted by atomic mass is 32.2. The molecular weight excluding hydrogens is 294 g/mol. The van der Waals surface area contributed by atoms with Crippen LogP contribution < -0.4 is 9.47 Å². The van der Waals surface area contributed by atoms with Crippen molar-refractivity contribution in [2.24, 2.45) is 5.41 Å². The van der Waals surface area contributed by atoms with Crippen molar-refractivity contribution >= 4 is 9.84 Å². The van der Waals surface area contributed by atoms with E-state index in [0.717, 1.165) is 0 Å². The van der Waals surface area contributed by atoms with Crippen molar-refractivity contribution in [3.63, 3.8) is 0 Å². The normalized spacial score (nSPS) is 30.0. The third-order valence-corrected chi connectivity index (χ3v) is 6.54. The number of aliphatic hydroxyl groups is 1. The average Bonchev–Trinajstić information content (AvgIpc) is 2.98. The number of hydrogen-bond donors (Lipinski definition) is 1. The topological polar surface area (TPSA) is 96.6 Å². The largest absolute Gasteiger partial charge is 0.454 e. The maximum absolute atomic E-state index is 12.2. The molecule has 3 atom stereocenters. The van der Waals surface area contributed by atoms with Crippen LogP contribution in [0.15, 0.2) is 18.2 Å². The minimum Gasteiger partial charge on any atom is -0.454 e. The van der Waals surface area contributed by atoms with Crippen LogP contribution in [0.25, 0.3) is 0 Å². The van der Waals surface area contributed by atoms with Crippen molar-refractivity contribution in [2.75, 3.05) is 19.2 Å². The first-order valence-electron chi connectivity index (χ1n) is 6.63. The molecule has 1 N–H and O–H groups in total. The fourth-order valence-corrected chi connectivity index (χ4v) is 5.06. The molecule has 1 aromatic rings. The molecule has 7 heteroatoms. The Morgan fingerprint density at radius 1 is 1.43 bits per heavy atom. The van der Waals surface area contributed by atoms with E-state index in [2.05, 4.69) is 0 Å². The van der Waals surface area contributed by atoms with E-state index in [4.69, 9.17) is 9.47 Å². The van der Waals surface area contributed by atoms with Crippen LogP contribution >= 0.6 is 0 Å².